The van der Waals surface area contributed by atoms with E-state index >= 15 is 0 Å². The number of halogens is 1. The van der Waals surface area contributed by atoms with Gasteiger partial charge < -0.3 is 15.2 Å². The van der Waals surface area contributed by atoms with E-state index < -0.39 is 0 Å². The predicted molar refractivity (Wildman–Crippen MR) is 83.8 cm³/mol. The van der Waals surface area contributed by atoms with E-state index in [9.17, 15) is 0 Å². The van der Waals surface area contributed by atoms with Crippen LogP contribution in [0.5, 0.6) is 11.5 Å². The van der Waals surface area contributed by atoms with Crippen molar-refractivity contribution in [1.29, 1.82) is 0 Å². The molecule has 1 aliphatic rings. The zero-order chi connectivity index (χ0) is 13.7. The van der Waals surface area contributed by atoms with E-state index in [1.54, 1.807) is 14.2 Å². The predicted octanol–water partition coefficient (Wildman–Crippen LogP) is 2.30. The van der Waals surface area contributed by atoms with E-state index in [2.05, 4.69) is 11.0 Å². The Morgan fingerprint density at radius 3 is 2.45 bits per heavy atom. The maximum atomic E-state index is 5.73. The van der Waals surface area contributed by atoms with Crippen molar-refractivity contribution < 1.29 is 9.47 Å². The van der Waals surface area contributed by atoms with E-state index in [0.29, 0.717) is 5.92 Å². The first-order valence-electron chi connectivity index (χ1n) is 6.90. The number of hydrogen-bond donors (Lipinski definition) is 1. The van der Waals surface area contributed by atoms with Gasteiger partial charge in [-0.25, -0.2) is 0 Å². The Morgan fingerprint density at radius 2 is 1.90 bits per heavy atom. The third-order valence-corrected chi connectivity index (χ3v) is 3.92. The average Bonchev–Trinajstić information content (AvgIpc) is 2.48. The molecule has 1 aromatic carbocycles. The number of piperidine rings is 1. The number of rotatable bonds is 5. The molecule has 0 radical (unpaired) electrons. The highest BCUT2D eigenvalue weighted by molar-refractivity contribution is 5.85. The fourth-order valence-electron chi connectivity index (χ4n) is 2.63. The van der Waals surface area contributed by atoms with Gasteiger partial charge in [-0.05, 0) is 56.6 Å². The van der Waals surface area contributed by atoms with E-state index in [4.69, 9.17) is 15.2 Å². The first-order valence-corrected chi connectivity index (χ1v) is 6.90. The molecule has 2 rings (SSSR count). The van der Waals surface area contributed by atoms with Crippen LogP contribution < -0.4 is 15.2 Å². The van der Waals surface area contributed by atoms with Crippen molar-refractivity contribution in [1.82, 2.24) is 4.90 Å². The Bertz CT molecular complexity index is 407. The summed E-state index contributed by atoms with van der Waals surface area (Å²) in [5.74, 6) is 2.51. The smallest absolute Gasteiger partial charge is 0.123 e. The van der Waals surface area contributed by atoms with Crippen molar-refractivity contribution in [3.63, 3.8) is 0 Å². The van der Waals surface area contributed by atoms with Gasteiger partial charge in [-0.1, -0.05) is 0 Å². The Hall–Kier alpha value is -0.970. The van der Waals surface area contributed by atoms with Gasteiger partial charge in [0.2, 0.25) is 0 Å². The summed E-state index contributed by atoms with van der Waals surface area (Å²) in [6, 6.07) is 5.97. The van der Waals surface area contributed by atoms with Crippen LogP contribution >= 0.6 is 12.4 Å². The molecule has 1 aromatic rings. The summed E-state index contributed by atoms with van der Waals surface area (Å²) in [4.78, 5) is 2.46. The second kappa shape index (κ2) is 8.35. The Balaban J connectivity index is 0.00000200. The third kappa shape index (κ3) is 4.27. The summed E-state index contributed by atoms with van der Waals surface area (Å²) in [6.45, 7) is 3.96. The summed E-state index contributed by atoms with van der Waals surface area (Å²) in [7, 11) is 3.41. The summed E-state index contributed by atoms with van der Waals surface area (Å²) in [5.41, 5.74) is 6.92. The van der Waals surface area contributed by atoms with Crippen LogP contribution in [0.25, 0.3) is 0 Å². The van der Waals surface area contributed by atoms with Crippen LogP contribution in [-0.2, 0) is 6.54 Å². The molecule has 2 N–H and O–H groups in total. The van der Waals surface area contributed by atoms with Crippen molar-refractivity contribution in [3.8, 4) is 11.5 Å². The molecule has 1 heterocycles. The maximum absolute atomic E-state index is 5.73. The lowest BCUT2D eigenvalue weighted by Gasteiger charge is -2.31. The first-order chi connectivity index (χ1) is 9.26. The molecule has 4 nitrogen and oxygen atoms in total. The van der Waals surface area contributed by atoms with Gasteiger partial charge in [-0.2, -0.15) is 0 Å². The topological polar surface area (TPSA) is 47.7 Å². The highest BCUT2D eigenvalue weighted by atomic mass is 35.5. The molecule has 0 saturated carbocycles. The molecule has 1 aliphatic heterocycles. The molecule has 20 heavy (non-hydrogen) atoms. The van der Waals surface area contributed by atoms with Gasteiger partial charge in [-0.3, -0.25) is 4.90 Å². The molecular formula is C15H25ClN2O2. The number of ether oxygens (including phenoxy) is 2. The lowest BCUT2D eigenvalue weighted by molar-refractivity contribution is 0.178. The lowest BCUT2D eigenvalue weighted by Crippen LogP contribution is -2.35. The Labute approximate surface area is 127 Å². The van der Waals surface area contributed by atoms with Gasteiger partial charge >= 0.3 is 0 Å². The van der Waals surface area contributed by atoms with Gasteiger partial charge in [-0.15, -0.1) is 12.4 Å². The molecule has 0 unspecified atom stereocenters. The molecule has 0 spiro atoms. The monoisotopic (exact) mass is 300 g/mol. The molecule has 0 aromatic heterocycles. The summed E-state index contributed by atoms with van der Waals surface area (Å²) in [6.07, 6.45) is 2.39. The van der Waals surface area contributed by atoms with Gasteiger partial charge in [0.05, 0.1) is 14.2 Å². The number of nitrogens with two attached hydrogens (primary N) is 1. The SMILES string of the molecule is COc1ccc(OC)c(CN2CCC(CN)CC2)c1.Cl. The maximum Gasteiger partial charge on any atom is 0.123 e. The van der Waals surface area contributed by atoms with Gasteiger partial charge in [0, 0.05) is 12.1 Å². The molecule has 114 valence electrons. The molecule has 5 heteroatoms. The normalized spacial score (nSPS) is 16.6. The van der Waals surface area contributed by atoms with Gasteiger partial charge in [0.1, 0.15) is 11.5 Å². The first kappa shape index (κ1) is 17.1. The van der Waals surface area contributed by atoms with Crippen LogP contribution in [-0.4, -0.2) is 38.8 Å². The van der Waals surface area contributed by atoms with Crippen LogP contribution in [0.2, 0.25) is 0 Å². The minimum absolute atomic E-state index is 0. The Kier molecular flexibility index (Phi) is 7.13. The van der Waals surface area contributed by atoms with E-state index in [1.807, 2.05) is 12.1 Å². The van der Waals surface area contributed by atoms with E-state index in [1.165, 1.54) is 18.4 Å². The second-order valence-corrected chi connectivity index (χ2v) is 5.13. The van der Waals surface area contributed by atoms with Crippen LogP contribution in [0, 0.1) is 5.92 Å². The largest absolute Gasteiger partial charge is 0.497 e. The standard InChI is InChI=1S/C15H24N2O2.ClH/c1-18-14-3-4-15(19-2)13(9-14)11-17-7-5-12(10-16)6-8-17;/h3-4,9,12H,5-8,10-11,16H2,1-2H3;1H. The molecule has 0 amide bonds. The zero-order valence-electron chi connectivity index (χ0n) is 12.3. The molecule has 0 bridgehead atoms. The van der Waals surface area contributed by atoms with Crippen molar-refractivity contribution in [2.45, 2.75) is 19.4 Å². The summed E-state index contributed by atoms with van der Waals surface area (Å²) < 4.78 is 10.7. The number of nitrogens with zero attached hydrogens (tertiary/aromatic N) is 1. The fraction of sp³-hybridized carbons (Fsp3) is 0.600. The Morgan fingerprint density at radius 1 is 1.20 bits per heavy atom. The van der Waals surface area contributed by atoms with Crippen molar-refractivity contribution in [2.24, 2.45) is 11.7 Å². The number of likely N-dealkylation sites (tertiary alicyclic amines) is 1. The minimum Gasteiger partial charge on any atom is -0.497 e. The lowest BCUT2D eigenvalue weighted by atomic mass is 9.97. The zero-order valence-corrected chi connectivity index (χ0v) is 13.1. The van der Waals surface area contributed by atoms with Crippen molar-refractivity contribution in [2.75, 3.05) is 33.9 Å². The van der Waals surface area contributed by atoms with Crippen LogP contribution in [0.3, 0.4) is 0 Å². The highest BCUT2D eigenvalue weighted by Crippen LogP contribution is 2.27. The van der Waals surface area contributed by atoms with Crippen LogP contribution in [0.1, 0.15) is 18.4 Å². The summed E-state index contributed by atoms with van der Waals surface area (Å²) in [5, 5.41) is 0. The van der Waals surface area contributed by atoms with Gasteiger partial charge in [0.25, 0.3) is 0 Å². The van der Waals surface area contributed by atoms with Gasteiger partial charge in [0.15, 0.2) is 0 Å². The fourth-order valence-corrected chi connectivity index (χ4v) is 2.63. The molecule has 1 saturated heterocycles. The number of methoxy groups -OCH3 is 2. The molecule has 0 aliphatic carbocycles. The van der Waals surface area contributed by atoms with Crippen LogP contribution in [0.15, 0.2) is 18.2 Å². The molecule has 0 atom stereocenters. The van der Waals surface area contributed by atoms with Crippen LogP contribution in [0.4, 0.5) is 0 Å². The number of hydrogen-bond acceptors (Lipinski definition) is 4. The summed E-state index contributed by atoms with van der Waals surface area (Å²) >= 11 is 0. The quantitative estimate of drug-likeness (QED) is 0.906. The molecule has 1 fully saturated rings. The van der Waals surface area contributed by atoms with Crippen molar-refractivity contribution >= 4 is 12.4 Å². The highest BCUT2D eigenvalue weighted by Gasteiger charge is 2.19. The van der Waals surface area contributed by atoms with E-state index in [0.717, 1.165) is 37.7 Å². The van der Waals surface area contributed by atoms with Crippen molar-refractivity contribution in [3.05, 3.63) is 23.8 Å². The number of benzene rings is 1. The third-order valence-electron chi connectivity index (χ3n) is 3.92. The molecular weight excluding hydrogens is 276 g/mol. The van der Waals surface area contributed by atoms with E-state index in [-0.39, 0.29) is 12.4 Å². The second-order valence-electron chi connectivity index (χ2n) is 5.13. The average molecular weight is 301 g/mol. The minimum atomic E-state index is 0.